The molecule has 130 valence electrons. The summed E-state index contributed by atoms with van der Waals surface area (Å²) in [6.07, 6.45) is 2.74. The van der Waals surface area contributed by atoms with Gasteiger partial charge in [-0.15, -0.1) is 5.10 Å². The molecular weight excluding hydrogens is 336 g/mol. The molecule has 0 bridgehead atoms. The van der Waals surface area contributed by atoms with Gasteiger partial charge in [-0.3, -0.25) is 4.79 Å². The summed E-state index contributed by atoms with van der Waals surface area (Å²) in [6.45, 7) is 3.74. The molecule has 3 aromatic rings. The van der Waals surface area contributed by atoms with Gasteiger partial charge >= 0.3 is 0 Å². The standard InChI is InChI=1S/C18H20N4O2S/c1-3-4-14-10-16(23)22-17(19-14)25-18(20-22)21-8-7-12-5-6-15(24-2)9-13(12)11-21/h5-6,9-10H,3-4,7-8,11H2,1-2H3. The van der Waals surface area contributed by atoms with Crippen LogP contribution in [0.2, 0.25) is 0 Å². The van der Waals surface area contributed by atoms with Crippen LogP contribution in [0.1, 0.15) is 30.2 Å². The van der Waals surface area contributed by atoms with Crippen molar-refractivity contribution in [3.05, 3.63) is 51.4 Å². The first kappa shape index (κ1) is 16.1. The van der Waals surface area contributed by atoms with Gasteiger partial charge < -0.3 is 9.64 Å². The highest BCUT2D eigenvalue weighted by molar-refractivity contribution is 7.20. The highest BCUT2D eigenvalue weighted by atomic mass is 32.1. The van der Waals surface area contributed by atoms with Crippen molar-refractivity contribution in [2.24, 2.45) is 0 Å². The Balaban J connectivity index is 1.68. The third-order valence-electron chi connectivity index (χ3n) is 4.49. The Morgan fingerprint density at radius 1 is 1.28 bits per heavy atom. The molecule has 0 atom stereocenters. The molecule has 1 aliphatic heterocycles. The number of anilines is 1. The molecule has 0 aliphatic carbocycles. The van der Waals surface area contributed by atoms with E-state index in [0.717, 1.165) is 48.9 Å². The smallest absolute Gasteiger partial charge is 0.275 e. The van der Waals surface area contributed by atoms with Crippen LogP contribution in [0.5, 0.6) is 5.75 Å². The fraction of sp³-hybridized carbons (Fsp3) is 0.389. The summed E-state index contributed by atoms with van der Waals surface area (Å²) < 4.78 is 6.75. The van der Waals surface area contributed by atoms with E-state index < -0.39 is 0 Å². The lowest BCUT2D eigenvalue weighted by atomic mass is 10.00. The van der Waals surface area contributed by atoms with E-state index in [-0.39, 0.29) is 5.56 Å². The lowest BCUT2D eigenvalue weighted by Crippen LogP contribution is -2.30. The van der Waals surface area contributed by atoms with Crippen LogP contribution in [0, 0.1) is 0 Å². The summed E-state index contributed by atoms with van der Waals surface area (Å²) in [6, 6.07) is 7.81. The highest BCUT2D eigenvalue weighted by Crippen LogP contribution is 2.29. The zero-order valence-electron chi connectivity index (χ0n) is 14.4. The van der Waals surface area contributed by atoms with Gasteiger partial charge in [0, 0.05) is 24.8 Å². The lowest BCUT2D eigenvalue weighted by molar-refractivity contribution is 0.413. The largest absolute Gasteiger partial charge is 0.497 e. The second kappa shape index (κ2) is 6.48. The number of ether oxygens (including phenoxy) is 1. The number of aryl methyl sites for hydroxylation is 1. The van der Waals surface area contributed by atoms with Gasteiger partial charge in [0.1, 0.15) is 5.75 Å². The highest BCUT2D eigenvalue weighted by Gasteiger charge is 2.21. The molecule has 0 fully saturated rings. The molecule has 0 spiro atoms. The van der Waals surface area contributed by atoms with E-state index in [2.05, 4.69) is 34.0 Å². The van der Waals surface area contributed by atoms with Crippen LogP contribution >= 0.6 is 11.3 Å². The van der Waals surface area contributed by atoms with Gasteiger partial charge in [0.15, 0.2) is 0 Å². The van der Waals surface area contributed by atoms with Crippen LogP contribution in [0.3, 0.4) is 0 Å². The third kappa shape index (κ3) is 3.00. The van der Waals surface area contributed by atoms with Crippen molar-refractivity contribution in [1.29, 1.82) is 0 Å². The Bertz CT molecular complexity index is 979. The van der Waals surface area contributed by atoms with Crippen molar-refractivity contribution in [2.45, 2.75) is 32.7 Å². The Hall–Kier alpha value is -2.41. The number of rotatable bonds is 4. The van der Waals surface area contributed by atoms with E-state index in [9.17, 15) is 4.79 Å². The molecule has 3 heterocycles. The Labute approximate surface area is 149 Å². The number of aromatic nitrogens is 3. The van der Waals surface area contributed by atoms with Crippen molar-refractivity contribution in [2.75, 3.05) is 18.6 Å². The van der Waals surface area contributed by atoms with Gasteiger partial charge in [-0.05, 0) is 36.1 Å². The average molecular weight is 356 g/mol. The van der Waals surface area contributed by atoms with Crippen molar-refractivity contribution in [1.82, 2.24) is 14.6 Å². The predicted octanol–water partition coefficient (Wildman–Crippen LogP) is 2.67. The molecular formula is C18H20N4O2S. The lowest BCUT2D eigenvalue weighted by Gasteiger charge is -2.28. The van der Waals surface area contributed by atoms with Crippen LogP contribution in [-0.4, -0.2) is 28.3 Å². The van der Waals surface area contributed by atoms with Gasteiger partial charge in [-0.1, -0.05) is 30.7 Å². The average Bonchev–Trinajstić information content (AvgIpc) is 3.06. The minimum Gasteiger partial charge on any atom is -0.497 e. The molecule has 0 amide bonds. The first-order valence-electron chi connectivity index (χ1n) is 8.48. The number of hydrogen-bond donors (Lipinski definition) is 0. The summed E-state index contributed by atoms with van der Waals surface area (Å²) in [5.74, 6) is 0.868. The first-order valence-corrected chi connectivity index (χ1v) is 9.30. The number of hydrogen-bond acceptors (Lipinski definition) is 6. The molecule has 1 aromatic carbocycles. The van der Waals surface area contributed by atoms with Gasteiger partial charge in [0.05, 0.1) is 7.11 Å². The van der Waals surface area contributed by atoms with Gasteiger partial charge in [-0.25, -0.2) is 4.98 Å². The number of benzene rings is 1. The maximum absolute atomic E-state index is 12.3. The van der Waals surface area contributed by atoms with Crippen LogP contribution in [0.25, 0.3) is 4.96 Å². The summed E-state index contributed by atoms with van der Waals surface area (Å²) >= 11 is 1.48. The van der Waals surface area contributed by atoms with E-state index in [1.807, 2.05) is 6.07 Å². The van der Waals surface area contributed by atoms with Crippen molar-refractivity contribution in [3.8, 4) is 5.75 Å². The SMILES string of the molecule is CCCc1cc(=O)n2nc(N3CCc4ccc(OC)cc4C3)sc2n1. The predicted molar refractivity (Wildman–Crippen MR) is 98.9 cm³/mol. The zero-order valence-corrected chi connectivity index (χ0v) is 15.2. The minimum atomic E-state index is -0.102. The van der Waals surface area contributed by atoms with E-state index in [1.165, 1.54) is 27.0 Å². The monoisotopic (exact) mass is 356 g/mol. The molecule has 6 nitrogen and oxygen atoms in total. The van der Waals surface area contributed by atoms with E-state index in [4.69, 9.17) is 4.74 Å². The molecule has 0 radical (unpaired) electrons. The second-order valence-electron chi connectivity index (χ2n) is 6.22. The van der Waals surface area contributed by atoms with Crippen LogP contribution in [0.15, 0.2) is 29.1 Å². The molecule has 25 heavy (non-hydrogen) atoms. The van der Waals surface area contributed by atoms with Crippen molar-refractivity contribution in [3.63, 3.8) is 0 Å². The molecule has 1 aliphatic rings. The maximum Gasteiger partial charge on any atom is 0.275 e. The summed E-state index contributed by atoms with van der Waals surface area (Å²) in [4.78, 5) is 19.7. The zero-order chi connectivity index (χ0) is 17.4. The van der Waals surface area contributed by atoms with Gasteiger partial charge in [0.2, 0.25) is 10.1 Å². The molecule has 2 aromatic heterocycles. The molecule has 0 unspecified atom stereocenters. The Morgan fingerprint density at radius 2 is 2.16 bits per heavy atom. The van der Waals surface area contributed by atoms with Crippen molar-refractivity contribution >= 4 is 21.4 Å². The van der Waals surface area contributed by atoms with Crippen LogP contribution in [0.4, 0.5) is 5.13 Å². The quantitative estimate of drug-likeness (QED) is 0.719. The summed E-state index contributed by atoms with van der Waals surface area (Å²) in [5, 5.41) is 5.35. The first-order chi connectivity index (χ1) is 12.2. The molecule has 0 saturated carbocycles. The second-order valence-corrected chi connectivity index (χ2v) is 7.16. The van der Waals surface area contributed by atoms with Gasteiger partial charge in [0.25, 0.3) is 5.56 Å². The maximum atomic E-state index is 12.3. The fourth-order valence-electron chi connectivity index (χ4n) is 3.18. The minimum absolute atomic E-state index is 0.102. The fourth-order valence-corrected chi connectivity index (χ4v) is 4.13. The van der Waals surface area contributed by atoms with Crippen LogP contribution < -0.4 is 15.2 Å². The van der Waals surface area contributed by atoms with Crippen molar-refractivity contribution < 1.29 is 4.74 Å². The number of fused-ring (bicyclic) bond motifs is 2. The molecule has 0 N–H and O–H groups in total. The van der Waals surface area contributed by atoms with E-state index in [0.29, 0.717) is 4.96 Å². The van der Waals surface area contributed by atoms with E-state index in [1.54, 1.807) is 13.2 Å². The molecule has 4 rings (SSSR count). The third-order valence-corrected chi connectivity index (χ3v) is 5.46. The van der Waals surface area contributed by atoms with Crippen LogP contribution in [-0.2, 0) is 19.4 Å². The summed E-state index contributed by atoms with van der Waals surface area (Å²) in [5.41, 5.74) is 3.34. The molecule has 0 saturated heterocycles. The normalized spacial score (nSPS) is 13.9. The van der Waals surface area contributed by atoms with E-state index >= 15 is 0 Å². The van der Waals surface area contributed by atoms with Gasteiger partial charge in [-0.2, -0.15) is 4.52 Å². The molecule has 7 heteroatoms. The number of nitrogens with zero attached hydrogens (tertiary/aromatic N) is 4. The summed E-state index contributed by atoms with van der Waals surface area (Å²) in [7, 11) is 1.68. The Kier molecular flexibility index (Phi) is 4.17. The topological polar surface area (TPSA) is 59.7 Å². The Morgan fingerprint density at radius 3 is 2.96 bits per heavy atom. The number of methoxy groups -OCH3 is 1.